The van der Waals surface area contributed by atoms with Gasteiger partial charge in [0.25, 0.3) is 0 Å². The van der Waals surface area contributed by atoms with E-state index in [4.69, 9.17) is 4.74 Å². The van der Waals surface area contributed by atoms with Gasteiger partial charge in [-0.3, -0.25) is 4.79 Å². The number of halogens is 1. The van der Waals surface area contributed by atoms with Gasteiger partial charge >= 0.3 is 11.9 Å². The summed E-state index contributed by atoms with van der Waals surface area (Å²) >= 11 is 1.32. The van der Waals surface area contributed by atoms with Gasteiger partial charge in [-0.2, -0.15) is 0 Å². The number of hydrogen-bond acceptors (Lipinski definition) is 7. The Balaban J connectivity index is 1.28. The van der Waals surface area contributed by atoms with Crippen molar-refractivity contribution >= 4 is 29.5 Å². The summed E-state index contributed by atoms with van der Waals surface area (Å²) in [5.74, 6) is -3.33. The number of aromatic hydroxyl groups is 1. The molecule has 220 valence electrons. The first-order valence-corrected chi connectivity index (χ1v) is 15.0. The van der Waals surface area contributed by atoms with E-state index in [9.17, 15) is 29.7 Å². The molecule has 42 heavy (non-hydrogen) atoms. The third-order valence-corrected chi connectivity index (χ3v) is 11.6. The monoisotopic (exact) mass is 592 g/mol. The minimum absolute atomic E-state index is 0.00347. The number of alkyl halides is 1. The average Bonchev–Trinajstić information content (AvgIpc) is 3.24. The number of esters is 1. The zero-order valence-electron chi connectivity index (χ0n) is 23.4. The number of benzene rings is 2. The molecule has 3 fully saturated rings. The lowest BCUT2D eigenvalue weighted by Crippen LogP contribution is -2.69. The minimum atomic E-state index is -2.10. The SMILES string of the molecule is C[C@]12C=CC(=O)C=C1CC[C@H]1[C@@H]3CC[C@@](OC(=O)c4ccc(Sc5ccccc5O)cc4)(C(=O)O)[C@@]3(C)C[C@H](O)C12F. The van der Waals surface area contributed by atoms with Crippen LogP contribution in [0.3, 0.4) is 0 Å². The van der Waals surface area contributed by atoms with E-state index in [0.29, 0.717) is 29.7 Å². The van der Waals surface area contributed by atoms with Crippen molar-refractivity contribution in [3.05, 3.63) is 77.9 Å². The molecule has 3 N–H and O–H groups in total. The summed E-state index contributed by atoms with van der Waals surface area (Å²) in [6, 6.07) is 13.4. The number of carbonyl (C=O) groups is 3. The number of carbonyl (C=O) groups excluding carboxylic acids is 2. The van der Waals surface area contributed by atoms with Gasteiger partial charge in [0, 0.05) is 21.6 Å². The molecular formula is C33H33FO7S. The number of aliphatic carboxylic acids is 1. The Kier molecular flexibility index (Phi) is 6.70. The first-order chi connectivity index (χ1) is 19.9. The predicted octanol–water partition coefficient (Wildman–Crippen LogP) is 5.89. The van der Waals surface area contributed by atoms with Crippen LogP contribution < -0.4 is 0 Å². The van der Waals surface area contributed by atoms with Crippen LogP contribution in [0.2, 0.25) is 0 Å². The maximum absolute atomic E-state index is 17.3. The molecule has 0 bridgehead atoms. The highest BCUT2D eigenvalue weighted by atomic mass is 32.2. The zero-order valence-corrected chi connectivity index (χ0v) is 24.2. The Hall–Kier alpha value is -3.43. The third kappa shape index (κ3) is 3.93. The van der Waals surface area contributed by atoms with Gasteiger partial charge in [-0.25, -0.2) is 14.0 Å². The van der Waals surface area contributed by atoms with Gasteiger partial charge in [-0.05, 0) is 93.5 Å². The van der Waals surface area contributed by atoms with Crippen molar-refractivity contribution < 1.29 is 38.8 Å². The van der Waals surface area contributed by atoms with Gasteiger partial charge in [-0.15, -0.1) is 0 Å². The molecule has 4 aliphatic carbocycles. The number of fused-ring (bicyclic) bond motifs is 5. The lowest BCUT2D eigenvalue weighted by Gasteiger charge is -2.62. The summed E-state index contributed by atoms with van der Waals surface area (Å²) in [5.41, 5.74) is -5.65. The van der Waals surface area contributed by atoms with E-state index in [-0.39, 0.29) is 29.9 Å². The van der Waals surface area contributed by atoms with Gasteiger partial charge in [0.05, 0.1) is 16.6 Å². The normalized spacial score (nSPS) is 36.8. The Morgan fingerprint density at radius 2 is 1.76 bits per heavy atom. The molecule has 0 saturated heterocycles. The molecule has 0 radical (unpaired) electrons. The van der Waals surface area contributed by atoms with Crippen LogP contribution in [0, 0.1) is 22.7 Å². The number of phenolic OH excluding ortho intramolecular Hbond substituents is 1. The number of allylic oxidation sites excluding steroid dienone is 4. The summed E-state index contributed by atoms with van der Waals surface area (Å²) in [7, 11) is 0. The number of aliphatic hydroxyl groups excluding tert-OH is 1. The summed E-state index contributed by atoms with van der Waals surface area (Å²) in [6.07, 6.45) is 3.78. The minimum Gasteiger partial charge on any atom is -0.507 e. The number of para-hydroxylation sites is 1. The van der Waals surface area contributed by atoms with Crippen molar-refractivity contribution in [2.75, 3.05) is 0 Å². The van der Waals surface area contributed by atoms with E-state index in [0.717, 1.165) is 4.90 Å². The first kappa shape index (κ1) is 28.7. The lowest BCUT2D eigenvalue weighted by molar-refractivity contribution is -0.222. The standard InChI is InChI=1S/C33H33FO7S/c1-30-15-13-21(35)17-20(30)9-12-24-23-14-16-32(29(39)40,31(23,2)18-27(37)33(24,30)34)41-28(38)19-7-10-22(11-8-19)42-26-6-4-3-5-25(26)36/h3-8,10-11,13,15,17,23-24,27,36-37H,9,12,14,16,18H2,1-2H3,(H,39,40)/t23-,24-,27-,30-,31-,32+,33?/m0/s1. The van der Waals surface area contributed by atoms with Crippen molar-refractivity contribution in [1.82, 2.24) is 0 Å². The summed E-state index contributed by atoms with van der Waals surface area (Å²) < 4.78 is 23.3. The van der Waals surface area contributed by atoms with Crippen LogP contribution in [0.25, 0.3) is 0 Å². The first-order valence-electron chi connectivity index (χ1n) is 14.2. The second kappa shape index (κ2) is 9.81. The second-order valence-electron chi connectivity index (χ2n) is 12.4. The fourth-order valence-corrected chi connectivity index (χ4v) is 9.15. The number of rotatable bonds is 5. The highest BCUT2D eigenvalue weighted by molar-refractivity contribution is 7.99. The molecule has 0 spiro atoms. The van der Waals surface area contributed by atoms with Crippen molar-refractivity contribution in [2.45, 2.75) is 73.1 Å². The highest BCUT2D eigenvalue weighted by Crippen LogP contribution is 2.70. The molecule has 4 aliphatic rings. The van der Waals surface area contributed by atoms with Crippen LogP contribution in [0.5, 0.6) is 5.75 Å². The Morgan fingerprint density at radius 3 is 2.45 bits per heavy atom. The molecule has 0 aromatic heterocycles. The maximum Gasteiger partial charge on any atom is 0.348 e. The summed E-state index contributed by atoms with van der Waals surface area (Å²) in [4.78, 5) is 39.9. The second-order valence-corrected chi connectivity index (χ2v) is 13.5. The molecule has 0 aliphatic heterocycles. The molecule has 7 nitrogen and oxygen atoms in total. The molecular weight excluding hydrogens is 559 g/mol. The predicted molar refractivity (Wildman–Crippen MR) is 153 cm³/mol. The van der Waals surface area contributed by atoms with Crippen LogP contribution in [0.1, 0.15) is 56.3 Å². The van der Waals surface area contributed by atoms with Gasteiger partial charge in [0.1, 0.15) is 5.75 Å². The van der Waals surface area contributed by atoms with Crippen LogP contribution in [-0.2, 0) is 14.3 Å². The Morgan fingerprint density at radius 1 is 1.05 bits per heavy atom. The molecule has 6 rings (SSSR count). The summed E-state index contributed by atoms with van der Waals surface area (Å²) in [5, 5.41) is 32.1. The number of carboxylic acids is 1. The summed E-state index contributed by atoms with van der Waals surface area (Å²) in [6.45, 7) is 3.41. The number of ether oxygens (including phenoxy) is 1. The maximum atomic E-state index is 17.3. The van der Waals surface area contributed by atoms with Crippen LogP contribution in [0.4, 0.5) is 4.39 Å². The average molecular weight is 593 g/mol. The van der Waals surface area contributed by atoms with E-state index in [1.165, 1.54) is 23.9 Å². The van der Waals surface area contributed by atoms with Gasteiger partial charge < -0.3 is 20.1 Å². The molecule has 0 heterocycles. The molecule has 7 atom stereocenters. The Labute approximate surface area is 247 Å². The van der Waals surface area contributed by atoms with Crippen LogP contribution in [-0.4, -0.2) is 50.4 Å². The number of hydrogen-bond donors (Lipinski definition) is 3. The molecule has 0 amide bonds. The fourth-order valence-electron chi connectivity index (χ4n) is 8.31. The van der Waals surface area contributed by atoms with E-state index in [1.807, 2.05) is 0 Å². The van der Waals surface area contributed by atoms with Gasteiger partial charge in [0.2, 0.25) is 5.60 Å². The zero-order chi connectivity index (χ0) is 30.1. The van der Waals surface area contributed by atoms with E-state index >= 15 is 4.39 Å². The number of carboxylic acid groups (broad SMARTS) is 1. The fraction of sp³-hybridized carbons (Fsp3) is 0.424. The molecule has 1 unspecified atom stereocenters. The van der Waals surface area contributed by atoms with Crippen molar-refractivity contribution in [3.8, 4) is 5.75 Å². The van der Waals surface area contributed by atoms with Gasteiger partial charge in [0.15, 0.2) is 11.5 Å². The smallest absolute Gasteiger partial charge is 0.348 e. The van der Waals surface area contributed by atoms with Crippen molar-refractivity contribution in [2.24, 2.45) is 22.7 Å². The van der Waals surface area contributed by atoms with E-state index < -0.39 is 52.0 Å². The lowest BCUT2D eigenvalue weighted by atomic mass is 9.45. The van der Waals surface area contributed by atoms with Gasteiger partial charge in [-0.1, -0.05) is 42.5 Å². The number of phenols is 1. The number of ketones is 1. The van der Waals surface area contributed by atoms with Crippen molar-refractivity contribution in [1.29, 1.82) is 0 Å². The Bertz CT molecular complexity index is 1540. The third-order valence-electron chi connectivity index (χ3n) is 10.6. The van der Waals surface area contributed by atoms with Crippen molar-refractivity contribution in [3.63, 3.8) is 0 Å². The van der Waals surface area contributed by atoms with E-state index in [1.54, 1.807) is 68.5 Å². The topological polar surface area (TPSA) is 121 Å². The highest BCUT2D eigenvalue weighted by Gasteiger charge is 2.76. The molecule has 3 saturated carbocycles. The largest absolute Gasteiger partial charge is 0.507 e. The van der Waals surface area contributed by atoms with Crippen LogP contribution >= 0.6 is 11.8 Å². The number of aliphatic hydroxyl groups is 1. The van der Waals surface area contributed by atoms with E-state index in [2.05, 4.69) is 0 Å². The molecule has 2 aromatic carbocycles. The molecule has 2 aromatic rings. The van der Waals surface area contributed by atoms with Crippen LogP contribution in [0.15, 0.2) is 82.1 Å². The quantitative estimate of drug-likeness (QED) is 0.368. The molecule has 9 heteroatoms.